The molecule has 1 heterocycles. The number of rotatable bonds is 3. The summed E-state index contributed by atoms with van der Waals surface area (Å²) < 4.78 is 5.40. The van der Waals surface area contributed by atoms with Crippen LogP contribution in [0.15, 0.2) is 30.3 Å². The lowest BCUT2D eigenvalue weighted by molar-refractivity contribution is 0.0328. The molecule has 1 N–H and O–H groups in total. The largest absolute Gasteiger partial charge is 0.444 e. The minimum Gasteiger partial charge on any atom is -0.444 e. The van der Waals surface area contributed by atoms with Crippen molar-refractivity contribution >= 4 is 6.09 Å². The average molecular weight is 318 g/mol. The molecule has 4 heteroatoms. The van der Waals surface area contributed by atoms with Crippen LogP contribution in [0.5, 0.6) is 0 Å². The van der Waals surface area contributed by atoms with Crippen LogP contribution in [0.2, 0.25) is 0 Å². The Morgan fingerprint density at radius 3 is 2.48 bits per heavy atom. The van der Waals surface area contributed by atoms with Gasteiger partial charge in [0.05, 0.1) is 0 Å². The first-order chi connectivity index (χ1) is 10.8. The number of ether oxygens (including phenoxy) is 1. The lowest BCUT2D eigenvalue weighted by atomic mass is 9.92. The van der Waals surface area contributed by atoms with Crippen LogP contribution in [-0.4, -0.2) is 34.7 Å². The van der Waals surface area contributed by atoms with Gasteiger partial charge in [0.15, 0.2) is 0 Å². The molecule has 1 fully saturated rings. The highest BCUT2D eigenvalue weighted by Gasteiger charge is 2.34. The molecule has 1 aromatic rings. The molecule has 4 nitrogen and oxygen atoms in total. The highest BCUT2D eigenvalue weighted by atomic mass is 16.6. The molecule has 0 spiro atoms. The normalized spacial score (nSPS) is 25.9. The van der Waals surface area contributed by atoms with Gasteiger partial charge < -0.3 is 10.1 Å². The fraction of sp³-hybridized carbons (Fsp3) is 0.632. The molecule has 23 heavy (non-hydrogen) atoms. The third kappa shape index (κ3) is 5.24. The van der Waals surface area contributed by atoms with Crippen molar-refractivity contribution < 1.29 is 9.53 Å². The highest BCUT2D eigenvalue weighted by Crippen LogP contribution is 2.25. The van der Waals surface area contributed by atoms with Gasteiger partial charge in [-0.15, -0.1) is 0 Å². The summed E-state index contributed by atoms with van der Waals surface area (Å²) in [4.78, 5) is 14.5. The third-order valence-corrected chi connectivity index (χ3v) is 4.48. The summed E-state index contributed by atoms with van der Waals surface area (Å²) in [6, 6.07) is 11.4. The van der Waals surface area contributed by atoms with E-state index in [1.807, 2.05) is 26.8 Å². The predicted molar refractivity (Wildman–Crippen MR) is 93.3 cm³/mol. The van der Waals surface area contributed by atoms with Crippen molar-refractivity contribution in [3.8, 4) is 0 Å². The number of nitrogens with one attached hydrogen (secondary N) is 1. The number of carbonyl (C=O) groups is 1. The predicted octanol–water partition coefficient (Wildman–Crippen LogP) is 3.95. The standard InChI is InChI=1S/C19H30N2O2/c1-14-11-12-17(20-18(22)23-19(3,4)5)15(2)21(14)13-16-9-7-6-8-10-16/h6-10,14-15,17H,11-13H2,1-5H3,(H,20,22)/t14-,15-,17-/m0/s1. The van der Waals surface area contributed by atoms with Gasteiger partial charge in [0, 0.05) is 24.7 Å². The van der Waals surface area contributed by atoms with Crippen LogP contribution in [0.3, 0.4) is 0 Å². The Morgan fingerprint density at radius 2 is 1.87 bits per heavy atom. The molecule has 1 aromatic carbocycles. The molecule has 0 saturated carbocycles. The minimum absolute atomic E-state index is 0.129. The summed E-state index contributed by atoms with van der Waals surface area (Å²) in [5, 5.41) is 3.06. The molecule has 0 unspecified atom stereocenters. The van der Waals surface area contributed by atoms with Crippen LogP contribution < -0.4 is 5.32 Å². The van der Waals surface area contributed by atoms with E-state index in [9.17, 15) is 4.79 Å². The molecule has 2 rings (SSSR count). The summed E-state index contributed by atoms with van der Waals surface area (Å²) in [6.45, 7) is 11.0. The summed E-state index contributed by atoms with van der Waals surface area (Å²) in [5.74, 6) is 0. The smallest absolute Gasteiger partial charge is 0.407 e. The number of alkyl carbamates (subject to hydrolysis) is 1. The summed E-state index contributed by atoms with van der Waals surface area (Å²) >= 11 is 0. The summed E-state index contributed by atoms with van der Waals surface area (Å²) in [5.41, 5.74) is 0.850. The Hall–Kier alpha value is -1.55. The second kappa shape index (κ2) is 7.35. The van der Waals surface area contributed by atoms with Crippen molar-refractivity contribution in [2.24, 2.45) is 0 Å². The van der Waals surface area contributed by atoms with Crippen molar-refractivity contribution in [3.63, 3.8) is 0 Å². The van der Waals surface area contributed by atoms with Gasteiger partial charge in [-0.25, -0.2) is 4.79 Å². The van der Waals surface area contributed by atoms with Gasteiger partial charge in [-0.05, 0) is 53.0 Å². The SMILES string of the molecule is C[C@H]1CC[C@H](NC(=O)OC(C)(C)C)[C@H](C)N1Cc1ccccc1. The molecule has 1 amide bonds. The maximum Gasteiger partial charge on any atom is 0.407 e. The number of likely N-dealkylation sites (tertiary alicyclic amines) is 1. The fourth-order valence-corrected chi connectivity index (χ4v) is 3.21. The van der Waals surface area contributed by atoms with Crippen molar-refractivity contribution in [1.82, 2.24) is 10.2 Å². The van der Waals surface area contributed by atoms with E-state index in [1.165, 1.54) is 5.56 Å². The maximum absolute atomic E-state index is 12.1. The Balaban J connectivity index is 1.99. The van der Waals surface area contributed by atoms with Gasteiger partial charge >= 0.3 is 6.09 Å². The van der Waals surface area contributed by atoms with Crippen LogP contribution in [0, 0.1) is 0 Å². The number of hydrogen-bond donors (Lipinski definition) is 1. The van der Waals surface area contributed by atoms with Crippen molar-refractivity contribution in [2.45, 2.75) is 77.7 Å². The number of carbonyl (C=O) groups excluding carboxylic acids is 1. The van der Waals surface area contributed by atoms with Crippen molar-refractivity contribution in [1.29, 1.82) is 0 Å². The van der Waals surface area contributed by atoms with Gasteiger partial charge in [0.2, 0.25) is 0 Å². The molecular weight excluding hydrogens is 288 g/mol. The summed E-state index contributed by atoms with van der Waals surface area (Å²) in [6.07, 6.45) is 1.76. The van der Waals surface area contributed by atoms with E-state index >= 15 is 0 Å². The van der Waals surface area contributed by atoms with E-state index in [2.05, 4.69) is 48.3 Å². The first-order valence-corrected chi connectivity index (χ1v) is 8.55. The molecule has 0 aliphatic carbocycles. The zero-order valence-electron chi connectivity index (χ0n) is 15.0. The van der Waals surface area contributed by atoms with Crippen molar-refractivity contribution in [3.05, 3.63) is 35.9 Å². The topological polar surface area (TPSA) is 41.6 Å². The molecule has 1 aliphatic rings. The zero-order valence-corrected chi connectivity index (χ0v) is 15.0. The number of amides is 1. The Bertz CT molecular complexity index is 510. The van der Waals surface area contributed by atoms with Crippen LogP contribution in [0.1, 0.15) is 53.0 Å². The molecule has 3 atom stereocenters. The van der Waals surface area contributed by atoms with Gasteiger partial charge in [-0.3, -0.25) is 4.90 Å². The van der Waals surface area contributed by atoms with Crippen LogP contribution in [-0.2, 0) is 11.3 Å². The molecule has 1 aliphatic heterocycles. The highest BCUT2D eigenvalue weighted by molar-refractivity contribution is 5.68. The molecule has 1 saturated heterocycles. The lowest BCUT2D eigenvalue weighted by Crippen LogP contribution is -2.56. The Morgan fingerprint density at radius 1 is 1.22 bits per heavy atom. The quantitative estimate of drug-likeness (QED) is 0.917. The van der Waals surface area contributed by atoms with Gasteiger partial charge in [-0.2, -0.15) is 0 Å². The van der Waals surface area contributed by atoms with E-state index in [1.54, 1.807) is 0 Å². The zero-order chi connectivity index (χ0) is 17.0. The molecule has 0 radical (unpaired) electrons. The average Bonchev–Trinajstić information content (AvgIpc) is 2.46. The van der Waals surface area contributed by atoms with E-state index in [0.29, 0.717) is 6.04 Å². The maximum atomic E-state index is 12.1. The van der Waals surface area contributed by atoms with Crippen LogP contribution >= 0.6 is 0 Å². The molecular formula is C19H30N2O2. The number of nitrogens with zero attached hydrogens (tertiary/aromatic N) is 1. The first-order valence-electron chi connectivity index (χ1n) is 8.55. The van der Waals surface area contributed by atoms with Crippen molar-refractivity contribution in [2.75, 3.05) is 0 Å². The molecule has 128 valence electrons. The first kappa shape index (κ1) is 17.8. The van der Waals surface area contributed by atoms with Gasteiger partial charge in [-0.1, -0.05) is 30.3 Å². The number of piperidine rings is 1. The minimum atomic E-state index is -0.459. The number of benzene rings is 1. The van der Waals surface area contributed by atoms with Gasteiger partial charge in [0.1, 0.15) is 5.60 Å². The van der Waals surface area contributed by atoms with Crippen LogP contribution in [0.4, 0.5) is 4.79 Å². The van der Waals surface area contributed by atoms with Gasteiger partial charge in [0.25, 0.3) is 0 Å². The van der Waals surface area contributed by atoms with E-state index in [4.69, 9.17) is 4.74 Å². The lowest BCUT2D eigenvalue weighted by Gasteiger charge is -2.44. The Labute approximate surface area is 140 Å². The fourth-order valence-electron chi connectivity index (χ4n) is 3.21. The van der Waals surface area contributed by atoms with E-state index in [-0.39, 0.29) is 18.2 Å². The summed E-state index contributed by atoms with van der Waals surface area (Å²) in [7, 11) is 0. The third-order valence-electron chi connectivity index (χ3n) is 4.48. The Kier molecular flexibility index (Phi) is 5.69. The monoisotopic (exact) mass is 318 g/mol. The second-order valence-corrected chi connectivity index (χ2v) is 7.58. The second-order valence-electron chi connectivity index (χ2n) is 7.58. The molecule has 0 bridgehead atoms. The van der Waals surface area contributed by atoms with E-state index in [0.717, 1.165) is 19.4 Å². The number of hydrogen-bond acceptors (Lipinski definition) is 3. The van der Waals surface area contributed by atoms with E-state index < -0.39 is 5.60 Å². The van der Waals surface area contributed by atoms with Crippen LogP contribution in [0.25, 0.3) is 0 Å². The molecule has 0 aromatic heterocycles.